The number of ether oxygens (including phenoxy) is 3. The van der Waals surface area contributed by atoms with Crippen LogP contribution in [0, 0.1) is 11.7 Å². The van der Waals surface area contributed by atoms with Gasteiger partial charge in [0.2, 0.25) is 0 Å². The van der Waals surface area contributed by atoms with Gasteiger partial charge >= 0.3 is 6.01 Å². The number of benzene rings is 3. The van der Waals surface area contributed by atoms with Gasteiger partial charge < -0.3 is 24.6 Å². The van der Waals surface area contributed by atoms with Crippen molar-refractivity contribution in [2.45, 2.75) is 26.4 Å². The van der Waals surface area contributed by atoms with Crippen LogP contribution in [0.5, 0.6) is 11.8 Å². The van der Waals surface area contributed by atoms with Crippen LogP contribution >= 0.6 is 0 Å². The zero-order valence-electron chi connectivity index (χ0n) is 22.5. The molecule has 3 aromatic carbocycles. The first-order chi connectivity index (χ1) is 18.9. The largest absolute Gasteiger partial charge is 0.497 e. The van der Waals surface area contributed by atoms with E-state index in [0.29, 0.717) is 49.2 Å². The molecule has 0 aliphatic carbocycles. The SMILES string of the molecule is COc1ccc(CCOc2nc(-c3ccccc3F)n(-c3cccc(NCC(O)COCC(C)C)c3)n2)cc1. The number of aliphatic hydroxyl groups excluding tert-OH is 1. The second-order valence-corrected chi connectivity index (χ2v) is 9.57. The lowest BCUT2D eigenvalue weighted by molar-refractivity contribution is 0.0318. The number of hydrogen-bond donors (Lipinski definition) is 2. The predicted octanol–water partition coefficient (Wildman–Crippen LogP) is 5.15. The van der Waals surface area contributed by atoms with Gasteiger partial charge in [0.25, 0.3) is 0 Å². The molecule has 0 saturated carbocycles. The second kappa shape index (κ2) is 13.7. The standard InChI is InChI=1S/C30H35FN4O4/c1-21(2)19-38-20-25(36)18-32-23-7-6-8-24(17-23)35-29(27-9-4-5-10-28(27)31)33-30(34-35)39-16-15-22-11-13-26(37-3)14-12-22/h4-14,17,21,25,32,36H,15-16,18-20H2,1-3H3. The third-order valence-electron chi connectivity index (χ3n) is 5.88. The van der Waals surface area contributed by atoms with Crippen molar-refractivity contribution in [3.8, 4) is 28.8 Å². The first-order valence-electron chi connectivity index (χ1n) is 13.0. The number of aliphatic hydroxyl groups is 1. The highest BCUT2D eigenvalue weighted by atomic mass is 19.1. The summed E-state index contributed by atoms with van der Waals surface area (Å²) in [5, 5.41) is 18.0. The van der Waals surface area contributed by atoms with Crippen molar-refractivity contribution in [3.63, 3.8) is 0 Å². The summed E-state index contributed by atoms with van der Waals surface area (Å²) in [5.41, 5.74) is 2.83. The fourth-order valence-electron chi connectivity index (χ4n) is 3.89. The van der Waals surface area contributed by atoms with Crippen molar-refractivity contribution in [2.75, 3.05) is 38.8 Å². The van der Waals surface area contributed by atoms with Gasteiger partial charge in [0.05, 0.1) is 37.7 Å². The van der Waals surface area contributed by atoms with E-state index in [1.165, 1.54) is 6.07 Å². The summed E-state index contributed by atoms with van der Waals surface area (Å²) in [5.74, 6) is 1.12. The van der Waals surface area contributed by atoms with Crippen LogP contribution in [0.4, 0.5) is 10.1 Å². The maximum atomic E-state index is 14.8. The number of nitrogens with one attached hydrogen (secondary N) is 1. The summed E-state index contributed by atoms with van der Waals surface area (Å²) in [6, 6.07) is 21.8. The zero-order chi connectivity index (χ0) is 27.6. The van der Waals surface area contributed by atoms with Gasteiger partial charge in [-0.2, -0.15) is 4.98 Å². The number of halogens is 1. The van der Waals surface area contributed by atoms with Gasteiger partial charge in [-0.1, -0.05) is 44.2 Å². The monoisotopic (exact) mass is 534 g/mol. The van der Waals surface area contributed by atoms with E-state index in [0.717, 1.165) is 17.0 Å². The molecule has 8 nitrogen and oxygen atoms in total. The maximum Gasteiger partial charge on any atom is 0.336 e. The summed E-state index contributed by atoms with van der Waals surface area (Å²) in [6.07, 6.45) is -0.00522. The summed E-state index contributed by atoms with van der Waals surface area (Å²) in [7, 11) is 1.63. The number of nitrogens with zero attached hydrogens (tertiary/aromatic N) is 3. The predicted molar refractivity (Wildman–Crippen MR) is 149 cm³/mol. The second-order valence-electron chi connectivity index (χ2n) is 9.57. The lowest BCUT2D eigenvalue weighted by Gasteiger charge is -2.15. The quantitative estimate of drug-likeness (QED) is 0.231. The van der Waals surface area contributed by atoms with Crippen molar-refractivity contribution < 1.29 is 23.7 Å². The van der Waals surface area contributed by atoms with Crippen molar-refractivity contribution in [1.82, 2.24) is 14.8 Å². The molecule has 0 amide bonds. The van der Waals surface area contributed by atoms with Gasteiger partial charge in [0.15, 0.2) is 5.82 Å². The normalized spacial score (nSPS) is 11.9. The fraction of sp³-hybridized carbons (Fsp3) is 0.333. The van der Waals surface area contributed by atoms with Gasteiger partial charge in [-0.3, -0.25) is 0 Å². The molecule has 2 N–H and O–H groups in total. The Hall–Kier alpha value is -3.95. The summed E-state index contributed by atoms with van der Waals surface area (Å²) in [6.45, 7) is 5.65. The van der Waals surface area contributed by atoms with Gasteiger partial charge in [-0.05, 0) is 53.9 Å². The number of aromatic nitrogens is 3. The van der Waals surface area contributed by atoms with Crippen LogP contribution in [-0.4, -0.2) is 59.5 Å². The molecule has 0 aliphatic rings. The van der Waals surface area contributed by atoms with Crippen LogP contribution in [0.15, 0.2) is 72.8 Å². The number of methoxy groups -OCH3 is 1. The fourth-order valence-corrected chi connectivity index (χ4v) is 3.89. The molecule has 0 bridgehead atoms. The van der Waals surface area contributed by atoms with E-state index in [1.54, 1.807) is 30.0 Å². The molecule has 4 rings (SSSR count). The molecule has 0 aliphatic heterocycles. The molecule has 4 aromatic rings. The van der Waals surface area contributed by atoms with Gasteiger partial charge in [0.1, 0.15) is 11.6 Å². The van der Waals surface area contributed by atoms with Crippen molar-refractivity contribution in [3.05, 3.63) is 84.2 Å². The van der Waals surface area contributed by atoms with Gasteiger partial charge in [-0.25, -0.2) is 9.07 Å². The molecule has 1 unspecified atom stereocenters. The molecule has 0 saturated heterocycles. The van der Waals surface area contributed by atoms with E-state index in [4.69, 9.17) is 14.2 Å². The number of hydrogen-bond acceptors (Lipinski definition) is 7. The van der Waals surface area contributed by atoms with Crippen LogP contribution in [0.25, 0.3) is 17.1 Å². The molecule has 9 heteroatoms. The summed E-state index contributed by atoms with van der Waals surface area (Å²) < 4.78 is 32.9. The summed E-state index contributed by atoms with van der Waals surface area (Å²) in [4.78, 5) is 4.52. The Morgan fingerprint density at radius 1 is 1.00 bits per heavy atom. The van der Waals surface area contributed by atoms with Crippen LogP contribution in [0.2, 0.25) is 0 Å². The molecule has 1 aromatic heterocycles. The Morgan fingerprint density at radius 3 is 2.54 bits per heavy atom. The molecule has 0 radical (unpaired) electrons. The van der Waals surface area contributed by atoms with Crippen LogP contribution in [0.1, 0.15) is 19.4 Å². The third kappa shape index (κ3) is 8.02. The lowest BCUT2D eigenvalue weighted by atomic mass is 10.1. The van der Waals surface area contributed by atoms with Crippen LogP contribution < -0.4 is 14.8 Å². The highest BCUT2D eigenvalue weighted by molar-refractivity contribution is 5.61. The maximum absolute atomic E-state index is 14.8. The zero-order valence-corrected chi connectivity index (χ0v) is 22.5. The van der Waals surface area contributed by atoms with E-state index in [-0.39, 0.29) is 12.6 Å². The van der Waals surface area contributed by atoms with Crippen LogP contribution in [-0.2, 0) is 11.2 Å². The molecular formula is C30H35FN4O4. The topological polar surface area (TPSA) is 90.7 Å². The van der Waals surface area contributed by atoms with Gasteiger partial charge in [0, 0.05) is 25.3 Å². The van der Waals surface area contributed by atoms with E-state index >= 15 is 0 Å². The summed E-state index contributed by atoms with van der Waals surface area (Å²) >= 11 is 0. The number of rotatable bonds is 14. The number of anilines is 1. The minimum absolute atomic E-state index is 0.151. The van der Waals surface area contributed by atoms with Crippen molar-refractivity contribution >= 4 is 5.69 Å². The average Bonchev–Trinajstić information content (AvgIpc) is 3.36. The lowest BCUT2D eigenvalue weighted by Crippen LogP contribution is -2.25. The first-order valence-corrected chi connectivity index (χ1v) is 13.0. The molecule has 0 spiro atoms. The molecule has 39 heavy (non-hydrogen) atoms. The smallest absolute Gasteiger partial charge is 0.336 e. The third-order valence-corrected chi connectivity index (χ3v) is 5.88. The van der Waals surface area contributed by atoms with Gasteiger partial charge in [-0.15, -0.1) is 5.10 Å². The van der Waals surface area contributed by atoms with E-state index < -0.39 is 11.9 Å². The Labute approximate surface area is 228 Å². The average molecular weight is 535 g/mol. The molecule has 0 fully saturated rings. The highest BCUT2D eigenvalue weighted by Gasteiger charge is 2.18. The minimum Gasteiger partial charge on any atom is -0.497 e. The highest BCUT2D eigenvalue weighted by Crippen LogP contribution is 2.27. The minimum atomic E-state index is -0.654. The Balaban J connectivity index is 1.49. The van der Waals surface area contributed by atoms with Crippen molar-refractivity contribution in [2.24, 2.45) is 5.92 Å². The first kappa shape index (κ1) is 28.1. The molecule has 1 atom stereocenters. The van der Waals surface area contributed by atoms with Crippen molar-refractivity contribution in [1.29, 1.82) is 0 Å². The van der Waals surface area contributed by atoms with E-state index in [2.05, 4.69) is 29.2 Å². The van der Waals surface area contributed by atoms with E-state index in [9.17, 15) is 9.50 Å². The Bertz CT molecular complexity index is 1330. The Morgan fingerprint density at radius 2 is 1.79 bits per heavy atom. The Kier molecular flexibility index (Phi) is 9.88. The van der Waals surface area contributed by atoms with E-state index in [1.807, 2.05) is 48.5 Å². The molecular weight excluding hydrogens is 499 g/mol. The molecule has 206 valence electrons. The van der Waals surface area contributed by atoms with Crippen LogP contribution in [0.3, 0.4) is 0 Å². The molecule has 1 heterocycles.